The smallest absolute Gasteiger partial charge is 0.227 e. The minimum Gasteiger partial charge on any atom is -0.384 e. The summed E-state index contributed by atoms with van der Waals surface area (Å²) < 4.78 is 5.20. The summed E-state index contributed by atoms with van der Waals surface area (Å²) >= 11 is 0. The number of piperidine rings is 1. The van der Waals surface area contributed by atoms with Crippen LogP contribution in [-0.2, 0) is 9.53 Å². The standard InChI is InChI=1S/C17H26N2O2/c1-13(16(18)15-6-4-3-5-7-15)17(20)19-10-8-14(9-11-19)12-21-2/h3-7,13-14,16H,8-12,18H2,1-2H3. The highest BCUT2D eigenvalue weighted by Gasteiger charge is 2.29. The zero-order valence-corrected chi connectivity index (χ0v) is 13.0. The average Bonchev–Trinajstić information content (AvgIpc) is 2.54. The fourth-order valence-corrected chi connectivity index (χ4v) is 2.96. The summed E-state index contributed by atoms with van der Waals surface area (Å²) in [6, 6.07) is 9.61. The van der Waals surface area contributed by atoms with Gasteiger partial charge in [0.2, 0.25) is 5.91 Å². The highest BCUT2D eigenvalue weighted by molar-refractivity contribution is 5.79. The van der Waals surface area contributed by atoms with Crippen molar-refractivity contribution < 1.29 is 9.53 Å². The van der Waals surface area contributed by atoms with E-state index in [0.717, 1.165) is 38.1 Å². The third kappa shape index (κ3) is 4.05. The van der Waals surface area contributed by atoms with Crippen molar-refractivity contribution in [2.75, 3.05) is 26.8 Å². The topological polar surface area (TPSA) is 55.6 Å². The lowest BCUT2D eigenvalue weighted by atomic mass is 9.92. The molecule has 0 radical (unpaired) electrons. The zero-order chi connectivity index (χ0) is 15.2. The van der Waals surface area contributed by atoms with Gasteiger partial charge in [-0.1, -0.05) is 37.3 Å². The number of likely N-dealkylation sites (tertiary alicyclic amines) is 1. The number of carbonyl (C=O) groups excluding carboxylic acids is 1. The molecule has 4 heteroatoms. The van der Waals surface area contributed by atoms with Crippen molar-refractivity contribution in [1.82, 2.24) is 4.90 Å². The largest absolute Gasteiger partial charge is 0.384 e. The van der Waals surface area contributed by atoms with Gasteiger partial charge in [-0.3, -0.25) is 4.79 Å². The maximum absolute atomic E-state index is 12.6. The maximum atomic E-state index is 12.6. The number of amides is 1. The summed E-state index contributed by atoms with van der Waals surface area (Å²) in [7, 11) is 1.73. The number of hydrogen-bond acceptors (Lipinski definition) is 3. The van der Waals surface area contributed by atoms with Gasteiger partial charge in [0.05, 0.1) is 5.92 Å². The maximum Gasteiger partial charge on any atom is 0.227 e. The Morgan fingerprint density at radius 3 is 2.52 bits per heavy atom. The first-order valence-electron chi connectivity index (χ1n) is 7.71. The van der Waals surface area contributed by atoms with Crippen LogP contribution in [0.1, 0.15) is 31.4 Å². The van der Waals surface area contributed by atoms with Gasteiger partial charge in [-0.25, -0.2) is 0 Å². The lowest BCUT2D eigenvalue weighted by Crippen LogP contribution is -2.44. The van der Waals surface area contributed by atoms with Crippen LogP contribution < -0.4 is 5.73 Å². The third-order valence-electron chi connectivity index (χ3n) is 4.44. The Morgan fingerprint density at radius 1 is 1.33 bits per heavy atom. The molecule has 0 spiro atoms. The van der Waals surface area contributed by atoms with Crippen molar-refractivity contribution in [2.45, 2.75) is 25.8 Å². The van der Waals surface area contributed by atoms with E-state index >= 15 is 0 Å². The minimum atomic E-state index is -0.240. The molecule has 2 rings (SSSR count). The van der Waals surface area contributed by atoms with Crippen LogP contribution in [0.2, 0.25) is 0 Å². The lowest BCUT2D eigenvalue weighted by molar-refractivity contribution is -0.137. The number of nitrogens with zero attached hydrogens (tertiary/aromatic N) is 1. The molecule has 1 fully saturated rings. The summed E-state index contributed by atoms with van der Waals surface area (Å²) in [4.78, 5) is 14.6. The van der Waals surface area contributed by atoms with E-state index < -0.39 is 0 Å². The van der Waals surface area contributed by atoms with Gasteiger partial charge in [-0.05, 0) is 24.3 Å². The molecule has 2 unspecified atom stereocenters. The molecular formula is C17H26N2O2. The molecule has 1 aromatic rings. The first kappa shape index (κ1) is 16.0. The number of methoxy groups -OCH3 is 1. The van der Waals surface area contributed by atoms with E-state index in [9.17, 15) is 4.79 Å². The van der Waals surface area contributed by atoms with Crippen LogP contribution in [0.15, 0.2) is 30.3 Å². The van der Waals surface area contributed by atoms with E-state index in [0.29, 0.717) is 5.92 Å². The van der Waals surface area contributed by atoms with Crippen LogP contribution in [0, 0.1) is 11.8 Å². The second-order valence-corrected chi connectivity index (χ2v) is 5.95. The van der Waals surface area contributed by atoms with Crippen molar-refractivity contribution in [2.24, 2.45) is 17.6 Å². The normalized spacial score (nSPS) is 19.3. The van der Waals surface area contributed by atoms with Crippen molar-refractivity contribution in [1.29, 1.82) is 0 Å². The average molecular weight is 290 g/mol. The van der Waals surface area contributed by atoms with Crippen LogP contribution in [0.4, 0.5) is 0 Å². The van der Waals surface area contributed by atoms with E-state index in [1.54, 1.807) is 7.11 Å². The Hall–Kier alpha value is -1.39. The van der Waals surface area contributed by atoms with Gasteiger partial charge in [0, 0.05) is 32.8 Å². The Bertz CT molecular complexity index is 441. The molecule has 0 saturated carbocycles. The van der Waals surface area contributed by atoms with E-state index in [1.807, 2.05) is 42.2 Å². The summed E-state index contributed by atoms with van der Waals surface area (Å²) in [5.74, 6) is 0.561. The van der Waals surface area contributed by atoms with Gasteiger partial charge >= 0.3 is 0 Å². The van der Waals surface area contributed by atoms with Gasteiger partial charge in [-0.2, -0.15) is 0 Å². The third-order valence-corrected chi connectivity index (χ3v) is 4.44. The highest BCUT2D eigenvalue weighted by Crippen LogP contribution is 2.24. The van der Waals surface area contributed by atoms with Crippen LogP contribution in [-0.4, -0.2) is 37.6 Å². The predicted molar refractivity (Wildman–Crippen MR) is 83.7 cm³/mol. The number of rotatable bonds is 5. The second-order valence-electron chi connectivity index (χ2n) is 5.95. The van der Waals surface area contributed by atoms with Gasteiger partial charge in [-0.15, -0.1) is 0 Å². The van der Waals surface area contributed by atoms with Crippen LogP contribution in [0.5, 0.6) is 0 Å². The van der Waals surface area contributed by atoms with Gasteiger partial charge in [0.15, 0.2) is 0 Å². The van der Waals surface area contributed by atoms with E-state index in [1.165, 1.54) is 0 Å². The molecule has 1 aromatic carbocycles. The molecule has 0 aliphatic carbocycles. The van der Waals surface area contributed by atoms with Crippen LogP contribution in [0.25, 0.3) is 0 Å². The Kier molecular flexibility index (Phi) is 5.76. The Morgan fingerprint density at radius 2 is 1.95 bits per heavy atom. The van der Waals surface area contributed by atoms with Crippen LogP contribution >= 0.6 is 0 Å². The number of nitrogens with two attached hydrogens (primary N) is 1. The summed E-state index contributed by atoms with van der Waals surface area (Å²) in [5.41, 5.74) is 7.27. The predicted octanol–water partition coefficient (Wildman–Crippen LogP) is 2.21. The molecule has 1 saturated heterocycles. The van der Waals surface area contributed by atoms with E-state index in [-0.39, 0.29) is 17.9 Å². The monoisotopic (exact) mass is 290 g/mol. The van der Waals surface area contributed by atoms with Gasteiger partial charge in [0.1, 0.15) is 0 Å². The highest BCUT2D eigenvalue weighted by atomic mass is 16.5. The van der Waals surface area contributed by atoms with Gasteiger partial charge < -0.3 is 15.4 Å². The fourth-order valence-electron chi connectivity index (χ4n) is 2.96. The fraction of sp³-hybridized carbons (Fsp3) is 0.588. The van der Waals surface area contributed by atoms with E-state index in [2.05, 4.69) is 0 Å². The van der Waals surface area contributed by atoms with Gasteiger partial charge in [0.25, 0.3) is 0 Å². The molecule has 2 atom stereocenters. The molecule has 21 heavy (non-hydrogen) atoms. The Labute approximate surface area is 127 Å². The number of benzene rings is 1. The van der Waals surface area contributed by atoms with Crippen molar-refractivity contribution in [3.63, 3.8) is 0 Å². The number of hydrogen-bond donors (Lipinski definition) is 1. The molecular weight excluding hydrogens is 264 g/mol. The molecule has 0 bridgehead atoms. The summed E-state index contributed by atoms with van der Waals surface area (Å²) in [6.45, 7) is 4.36. The molecule has 116 valence electrons. The Balaban J connectivity index is 1.91. The van der Waals surface area contributed by atoms with E-state index in [4.69, 9.17) is 10.5 Å². The first-order chi connectivity index (χ1) is 10.1. The molecule has 4 nitrogen and oxygen atoms in total. The van der Waals surface area contributed by atoms with Crippen molar-refractivity contribution in [3.8, 4) is 0 Å². The van der Waals surface area contributed by atoms with Crippen molar-refractivity contribution >= 4 is 5.91 Å². The minimum absolute atomic E-state index is 0.169. The SMILES string of the molecule is COCC1CCN(C(=O)C(C)C(N)c2ccccc2)CC1. The first-order valence-corrected chi connectivity index (χ1v) is 7.71. The molecule has 1 aliphatic heterocycles. The number of ether oxygens (including phenoxy) is 1. The lowest BCUT2D eigenvalue weighted by Gasteiger charge is -2.34. The molecule has 0 aromatic heterocycles. The summed E-state index contributed by atoms with van der Waals surface area (Å²) in [5, 5.41) is 0. The molecule has 2 N–H and O–H groups in total. The van der Waals surface area contributed by atoms with Crippen molar-refractivity contribution in [3.05, 3.63) is 35.9 Å². The second kappa shape index (κ2) is 7.57. The molecule has 1 amide bonds. The number of carbonyl (C=O) groups is 1. The molecule has 1 aliphatic rings. The molecule has 1 heterocycles. The van der Waals surface area contributed by atoms with Crippen LogP contribution in [0.3, 0.4) is 0 Å². The quantitative estimate of drug-likeness (QED) is 0.904. The zero-order valence-electron chi connectivity index (χ0n) is 13.0. The summed E-state index contributed by atoms with van der Waals surface area (Å²) in [6.07, 6.45) is 2.04.